The van der Waals surface area contributed by atoms with E-state index in [9.17, 15) is 4.79 Å². The van der Waals surface area contributed by atoms with Crippen molar-refractivity contribution in [1.82, 2.24) is 0 Å². The molecular formula is C15H12O. The second-order valence-electron chi connectivity index (χ2n) is 5.04. The lowest BCUT2D eigenvalue weighted by molar-refractivity contribution is -0.114. The molecule has 1 nitrogen and oxygen atoms in total. The van der Waals surface area contributed by atoms with Crippen LogP contribution in [0.4, 0.5) is 0 Å². The topological polar surface area (TPSA) is 17.1 Å². The molecule has 5 rings (SSSR count). The van der Waals surface area contributed by atoms with E-state index in [4.69, 9.17) is 0 Å². The van der Waals surface area contributed by atoms with Gasteiger partial charge in [-0.3, -0.25) is 4.79 Å². The summed E-state index contributed by atoms with van der Waals surface area (Å²) in [7, 11) is 0. The summed E-state index contributed by atoms with van der Waals surface area (Å²) in [4.78, 5) is 11.7. The first-order chi connectivity index (χ1) is 7.79. The van der Waals surface area contributed by atoms with Crippen molar-refractivity contribution in [2.45, 2.75) is 24.2 Å². The van der Waals surface area contributed by atoms with E-state index in [0.717, 1.165) is 6.42 Å². The molecule has 2 unspecified atom stereocenters. The Bertz CT molecular complexity index is 565. The van der Waals surface area contributed by atoms with Crippen molar-refractivity contribution in [3.63, 3.8) is 0 Å². The molecule has 4 aliphatic rings. The first-order valence-corrected chi connectivity index (χ1v) is 5.82. The number of allylic oxidation sites excluding steroid dienone is 4. The number of rotatable bonds is 0. The van der Waals surface area contributed by atoms with Gasteiger partial charge in [0.15, 0.2) is 5.78 Å². The molecule has 78 valence electrons. The molecule has 0 radical (unpaired) electrons. The van der Waals surface area contributed by atoms with E-state index in [0.29, 0.717) is 12.3 Å². The normalized spacial score (nSPS) is 33.6. The first-order valence-electron chi connectivity index (χ1n) is 5.82. The van der Waals surface area contributed by atoms with Crippen LogP contribution in [0.1, 0.15) is 29.9 Å². The maximum Gasteiger partial charge on any atom is 0.157 e. The minimum Gasteiger partial charge on any atom is -0.295 e. The van der Waals surface area contributed by atoms with Crippen molar-refractivity contribution in [3.05, 3.63) is 59.2 Å². The fourth-order valence-electron chi connectivity index (χ4n) is 3.55. The van der Waals surface area contributed by atoms with Gasteiger partial charge >= 0.3 is 0 Å². The van der Waals surface area contributed by atoms with Gasteiger partial charge in [0.2, 0.25) is 0 Å². The lowest BCUT2D eigenvalue weighted by atomic mass is 9.60. The quantitative estimate of drug-likeness (QED) is 0.599. The Morgan fingerprint density at radius 2 is 2.12 bits per heavy atom. The van der Waals surface area contributed by atoms with E-state index < -0.39 is 0 Å². The predicted octanol–water partition coefficient (Wildman–Crippen LogP) is 2.88. The molecule has 2 bridgehead atoms. The first kappa shape index (κ1) is 8.51. The average molecular weight is 208 g/mol. The van der Waals surface area contributed by atoms with E-state index >= 15 is 0 Å². The van der Waals surface area contributed by atoms with Gasteiger partial charge in [0.05, 0.1) is 0 Å². The van der Waals surface area contributed by atoms with Gasteiger partial charge in [-0.15, -0.1) is 0 Å². The molecule has 1 aromatic rings. The molecule has 0 saturated heterocycles. The summed E-state index contributed by atoms with van der Waals surface area (Å²) in [5.74, 6) is 0.784. The third-order valence-corrected chi connectivity index (χ3v) is 4.26. The van der Waals surface area contributed by atoms with Crippen LogP contribution in [0.15, 0.2) is 48.1 Å². The largest absolute Gasteiger partial charge is 0.295 e. The lowest BCUT2D eigenvalue weighted by Crippen LogP contribution is -2.34. The van der Waals surface area contributed by atoms with Crippen LogP contribution in [0.25, 0.3) is 0 Å². The van der Waals surface area contributed by atoms with Gasteiger partial charge in [0.1, 0.15) is 0 Å². The SMILES string of the molecule is O=C1C=C2CC3C=CC2(C1)c1ccccc13. The molecule has 1 spiro atoms. The molecule has 0 N–H and O–H groups in total. The number of hydrogen-bond donors (Lipinski definition) is 0. The van der Waals surface area contributed by atoms with Crippen LogP contribution in [-0.4, -0.2) is 5.78 Å². The van der Waals surface area contributed by atoms with Crippen molar-refractivity contribution in [3.8, 4) is 0 Å². The third-order valence-electron chi connectivity index (χ3n) is 4.26. The van der Waals surface area contributed by atoms with Gasteiger partial charge in [-0.2, -0.15) is 0 Å². The van der Waals surface area contributed by atoms with Gasteiger partial charge in [-0.25, -0.2) is 0 Å². The summed E-state index contributed by atoms with van der Waals surface area (Å²) >= 11 is 0. The summed E-state index contributed by atoms with van der Waals surface area (Å²) in [5, 5.41) is 0. The molecule has 0 fully saturated rings. The van der Waals surface area contributed by atoms with Crippen LogP contribution in [0.2, 0.25) is 0 Å². The molecule has 4 aliphatic carbocycles. The van der Waals surface area contributed by atoms with Crippen molar-refractivity contribution in [2.75, 3.05) is 0 Å². The van der Waals surface area contributed by atoms with Gasteiger partial charge in [0, 0.05) is 17.8 Å². The minimum absolute atomic E-state index is 0.0670. The Hall–Kier alpha value is -1.63. The summed E-state index contributed by atoms with van der Waals surface area (Å²) in [6.07, 6.45) is 8.12. The van der Waals surface area contributed by atoms with Gasteiger partial charge in [0.25, 0.3) is 0 Å². The Morgan fingerprint density at radius 3 is 3.06 bits per heavy atom. The fourth-order valence-corrected chi connectivity index (χ4v) is 3.55. The molecule has 2 atom stereocenters. The second-order valence-corrected chi connectivity index (χ2v) is 5.04. The molecule has 0 saturated carbocycles. The highest BCUT2D eigenvalue weighted by molar-refractivity contribution is 5.97. The maximum atomic E-state index is 11.7. The van der Waals surface area contributed by atoms with E-state index in [1.807, 2.05) is 6.08 Å². The highest BCUT2D eigenvalue weighted by Crippen LogP contribution is 2.56. The summed E-state index contributed by atoms with van der Waals surface area (Å²) in [6.45, 7) is 0. The number of carbonyl (C=O) groups excluding carboxylic acids is 1. The van der Waals surface area contributed by atoms with E-state index in [1.165, 1.54) is 16.7 Å². The zero-order chi connectivity index (χ0) is 10.8. The van der Waals surface area contributed by atoms with Gasteiger partial charge in [-0.05, 0) is 23.6 Å². The second kappa shape index (κ2) is 2.54. The minimum atomic E-state index is -0.0670. The molecule has 1 heteroatoms. The summed E-state index contributed by atoms with van der Waals surface area (Å²) < 4.78 is 0. The number of carbonyl (C=O) groups is 1. The van der Waals surface area contributed by atoms with E-state index in [1.54, 1.807) is 0 Å². The zero-order valence-electron chi connectivity index (χ0n) is 8.94. The average Bonchev–Trinajstić information content (AvgIpc) is 2.65. The van der Waals surface area contributed by atoms with Gasteiger partial charge < -0.3 is 0 Å². The fraction of sp³-hybridized carbons (Fsp3) is 0.267. The number of hydrogen-bond acceptors (Lipinski definition) is 1. The van der Waals surface area contributed by atoms with Crippen LogP contribution in [0.3, 0.4) is 0 Å². The van der Waals surface area contributed by atoms with Crippen LogP contribution in [-0.2, 0) is 10.2 Å². The number of benzene rings is 1. The Kier molecular flexibility index (Phi) is 1.35. The lowest BCUT2D eigenvalue weighted by Gasteiger charge is -2.43. The van der Waals surface area contributed by atoms with E-state index in [2.05, 4.69) is 36.4 Å². The molecular weight excluding hydrogens is 196 g/mol. The molecule has 0 heterocycles. The predicted molar refractivity (Wildman–Crippen MR) is 62.3 cm³/mol. The molecule has 0 amide bonds. The molecule has 0 aliphatic heterocycles. The van der Waals surface area contributed by atoms with Crippen LogP contribution in [0, 0.1) is 0 Å². The van der Waals surface area contributed by atoms with Crippen LogP contribution in [0.5, 0.6) is 0 Å². The Labute approximate surface area is 94.5 Å². The van der Waals surface area contributed by atoms with Crippen molar-refractivity contribution in [2.24, 2.45) is 0 Å². The molecule has 1 aromatic carbocycles. The third kappa shape index (κ3) is 0.812. The smallest absolute Gasteiger partial charge is 0.157 e. The highest BCUT2D eigenvalue weighted by Gasteiger charge is 2.48. The molecule has 0 aromatic heterocycles. The highest BCUT2D eigenvalue weighted by atomic mass is 16.1. The van der Waals surface area contributed by atoms with Gasteiger partial charge in [-0.1, -0.05) is 42.0 Å². The Morgan fingerprint density at radius 1 is 1.25 bits per heavy atom. The van der Waals surface area contributed by atoms with Crippen LogP contribution < -0.4 is 0 Å². The standard InChI is InChI=1S/C15H12O/c16-12-8-11-7-10-5-6-15(11,9-12)14-4-2-1-3-13(10)14/h1-6,8,10H,7,9H2. The van der Waals surface area contributed by atoms with Crippen LogP contribution >= 0.6 is 0 Å². The number of ketones is 1. The zero-order valence-corrected chi connectivity index (χ0v) is 8.94. The van der Waals surface area contributed by atoms with E-state index in [-0.39, 0.29) is 11.2 Å². The monoisotopic (exact) mass is 208 g/mol. The molecule has 16 heavy (non-hydrogen) atoms. The van der Waals surface area contributed by atoms with Crippen molar-refractivity contribution >= 4 is 5.78 Å². The summed E-state index contributed by atoms with van der Waals surface area (Å²) in [6, 6.07) is 8.59. The van der Waals surface area contributed by atoms with Crippen molar-refractivity contribution in [1.29, 1.82) is 0 Å². The maximum absolute atomic E-state index is 11.7. The Balaban J connectivity index is 2.07. The van der Waals surface area contributed by atoms with Crippen molar-refractivity contribution < 1.29 is 4.79 Å². The summed E-state index contributed by atoms with van der Waals surface area (Å²) in [5.41, 5.74) is 4.06.